The minimum atomic E-state index is 0.139. The van der Waals surface area contributed by atoms with Crippen molar-refractivity contribution in [2.45, 2.75) is 10.9 Å². The topological polar surface area (TPSA) is 116 Å². The van der Waals surface area contributed by atoms with Crippen LogP contribution in [-0.4, -0.2) is 28.9 Å². The standard InChI is InChI=1S/C23H17N5O3S2/c1-29-16-5-2-13(3-6-16)22-26-15(10-32-22)11-33-23-27-20(17(9-24)21(25)28-23)14-4-7-18-19(8-14)31-12-30-18/h2-8,10H,11-12H2,1H3,(H2,25,27,28). The Hall–Kier alpha value is -3.81. The van der Waals surface area contributed by atoms with Crippen LogP contribution in [0, 0.1) is 11.3 Å². The van der Waals surface area contributed by atoms with Crippen LogP contribution in [0.25, 0.3) is 21.8 Å². The van der Waals surface area contributed by atoms with Gasteiger partial charge in [-0.1, -0.05) is 11.8 Å². The van der Waals surface area contributed by atoms with Crippen LogP contribution in [0.15, 0.2) is 53.0 Å². The van der Waals surface area contributed by atoms with Crippen molar-refractivity contribution in [2.24, 2.45) is 0 Å². The molecule has 0 saturated heterocycles. The zero-order valence-corrected chi connectivity index (χ0v) is 19.1. The molecule has 0 bridgehead atoms. The summed E-state index contributed by atoms with van der Waals surface area (Å²) in [6.45, 7) is 0.170. The summed E-state index contributed by atoms with van der Waals surface area (Å²) in [5, 5.41) is 13.0. The van der Waals surface area contributed by atoms with Crippen molar-refractivity contribution in [3.63, 3.8) is 0 Å². The molecule has 2 aromatic carbocycles. The number of fused-ring (bicyclic) bond motifs is 1. The summed E-state index contributed by atoms with van der Waals surface area (Å²) in [5.74, 6) is 2.78. The average Bonchev–Trinajstić information content (AvgIpc) is 3.51. The van der Waals surface area contributed by atoms with Gasteiger partial charge in [-0.05, 0) is 42.5 Å². The number of anilines is 1. The summed E-state index contributed by atoms with van der Waals surface area (Å²) in [4.78, 5) is 13.6. The lowest BCUT2D eigenvalue weighted by Gasteiger charge is -2.09. The second-order valence-corrected chi connectivity index (χ2v) is 8.76. The molecule has 1 aliphatic heterocycles. The second kappa shape index (κ2) is 8.97. The number of rotatable bonds is 6. The Morgan fingerprint density at radius 3 is 2.67 bits per heavy atom. The Morgan fingerprint density at radius 1 is 1.09 bits per heavy atom. The van der Waals surface area contributed by atoms with Gasteiger partial charge in [0.15, 0.2) is 16.7 Å². The molecule has 0 amide bonds. The van der Waals surface area contributed by atoms with E-state index in [1.165, 1.54) is 11.8 Å². The second-order valence-electron chi connectivity index (χ2n) is 6.96. The van der Waals surface area contributed by atoms with E-state index in [0.717, 1.165) is 22.0 Å². The molecule has 0 radical (unpaired) electrons. The van der Waals surface area contributed by atoms with Crippen LogP contribution in [0.2, 0.25) is 0 Å². The molecule has 33 heavy (non-hydrogen) atoms. The molecule has 10 heteroatoms. The molecule has 8 nitrogen and oxygen atoms in total. The molecule has 4 aromatic rings. The van der Waals surface area contributed by atoms with Gasteiger partial charge >= 0.3 is 0 Å². The predicted molar refractivity (Wildman–Crippen MR) is 126 cm³/mol. The number of hydrogen-bond donors (Lipinski definition) is 1. The van der Waals surface area contributed by atoms with Gasteiger partial charge in [-0.3, -0.25) is 0 Å². The van der Waals surface area contributed by atoms with E-state index in [2.05, 4.69) is 16.0 Å². The van der Waals surface area contributed by atoms with Crippen molar-refractivity contribution in [3.05, 3.63) is 59.1 Å². The fraction of sp³-hybridized carbons (Fsp3) is 0.130. The lowest BCUT2D eigenvalue weighted by molar-refractivity contribution is 0.174. The van der Waals surface area contributed by atoms with Crippen molar-refractivity contribution >= 4 is 28.9 Å². The number of thioether (sulfide) groups is 1. The lowest BCUT2D eigenvalue weighted by atomic mass is 10.1. The fourth-order valence-corrected chi connectivity index (χ4v) is 4.94. The first kappa shape index (κ1) is 21.1. The molecule has 0 fully saturated rings. The molecular weight excluding hydrogens is 458 g/mol. The maximum atomic E-state index is 9.61. The van der Waals surface area contributed by atoms with E-state index in [-0.39, 0.29) is 18.2 Å². The third-order valence-corrected chi connectivity index (χ3v) is 6.73. The lowest BCUT2D eigenvalue weighted by Crippen LogP contribution is -2.02. The monoisotopic (exact) mass is 475 g/mol. The van der Waals surface area contributed by atoms with Gasteiger partial charge in [0.05, 0.1) is 18.5 Å². The highest BCUT2D eigenvalue weighted by Gasteiger charge is 2.19. The maximum Gasteiger partial charge on any atom is 0.231 e. The van der Waals surface area contributed by atoms with E-state index < -0.39 is 0 Å². The highest BCUT2D eigenvalue weighted by Crippen LogP contribution is 2.37. The fourth-order valence-electron chi connectivity index (χ4n) is 3.26. The van der Waals surface area contributed by atoms with Crippen molar-refractivity contribution in [3.8, 4) is 45.1 Å². The zero-order valence-electron chi connectivity index (χ0n) is 17.4. The van der Waals surface area contributed by atoms with Crippen molar-refractivity contribution in [1.82, 2.24) is 15.0 Å². The first-order valence-corrected chi connectivity index (χ1v) is 11.7. The number of nitrogens with two attached hydrogens (primary N) is 1. The predicted octanol–water partition coefficient (Wildman–Crippen LogP) is 4.75. The zero-order chi connectivity index (χ0) is 22.8. The van der Waals surface area contributed by atoms with Gasteiger partial charge in [0.1, 0.15) is 28.2 Å². The third kappa shape index (κ3) is 4.28. The molecule has 1 aliphatic rings. The number of aromatic nitrogens is 3. The van der Waals surface area contributed by atoms with Crippen molar-refractivity contribution in [2.75, 3.05) is 19.6 Å². The summed E-state index contributed by atoms with van der Waals surface area (Å²) in [6.07, 6.45) is 0. The summed E-state index contributed by atoms with van der Waals surface area (Å²) in [6, 6.07) is 15.3. The molecule has 0 atom stereocenters. The number of benzene rings is 2. The van der Waals surface area contributed by atoms with Gasteiger partial charge in [0, 0.05) is 22.3 Å². The highest BCUT2D eigenvalue weighted by molar-refractivity contribution is 7.98. The van der Waals surface area contributed by atoms with Crippen LogP contribution >= 0.6 is 23.1 Å². The van der Waals surface area contributed by atoms with Crippen LogP contribution in [0.1, 0.15) is 11.3 Å². The molecule has 2 aromatic heterocycles. The molecular formula is C23H17N5O3S2. The normalized spacial score (nSPS) is 11.9. The first-order valence-electron chi connectivity index (χ1n) is 9.84. The maximum absolute atomic E-state index is 9.61. The molecule has 2 N–H and O–H groups in total. The Bertz CT molecular complexity index is 1370. The van der Waals surface area contributed by atoms with E-state index in [1.54, 1.807) is 30.6 Å². The van der Waals surface area contributed by atoms with Gasteiger partial charge in [-0.25, -0.2) is 15.0 Å². The SMILES string of the molecule is COc1ccc(-c2nc(CSc3nc(N)c(C#N)c(-c4ccc5c(c4)OCO5)n3)cs2)cc1. The van der Waals surface area contributed by atoms with E-state index in [9.17, 15) is 5.26 Å². The van der Waals surface area contributed by atoms with E-state index in [1.807, 2.05) is 35.7 Å². The number of nitriles is 1. The van der Waals surface area contributed by atoms with Gasteiger partial charge in [0.25, 0.3) is 0 Å². The van der Waals surface area contributed by atoms with E-state index >= 15 is 0 Å². The van der Waals surface area contributed by atoms with E-state index in [4.69, 9.17) is 24.9 Å². The van der Waals surface area contributed by atoms with Gasteiger partial charge < -0.3 is 19.9 Å². The number of ether oxygens (including phenoxy) is 3. The van der Waals surface area contributed by atoms with Crippen LogP contribution < -0.4 is 19.9 Å². The minimum absolute atomic E-state index is 0.139. The average molecular weight is 476 g/mol. The Morgan fingerprint density at radius 2 is 1.88 bits per heavy atom. The van der Waals surface area contributed by atoms with Crippen LogP contribution in [0.5, 0.6) is 17.2 Å². The summed E-state index contributed by atoms with van der Waals surface area (Å²) < 4.78 is 16.0. The van der Waals surface area contributed by atoms with Gasteiger partial charge in [-0.2, -0.15) is 5.26 Å². The van der Waals surface area contributed by atoms with E-state index in [0.29, 0.717) is 33.7 Å². The number of thiazole rings is 1. The third-order valence-electron chi connectivity index (χ3n) is 4.91. The number of hydrogen-bond acceptors (Lipinski definition) is 10. The minimum Gasteiger partial charge on any atom is -0.497 e. The van der Waals surface area contributed by atoms with Crippen LogP contribution in [-0.2, 0) is 5.75 Å². The number of nitrogens with zero attached hydrogens (tertiary/aromatic N) is 4. The van der Waals surface area contributed by atoms with Gasteiger partial charge in [0.2, 0.25) is 6.79 Å². The Balaban J connectivity index is 1.37. The Kier molecular flexibility index (Phi) is 5.73. The summed E-state index contributed by atoms with van der Waals surface area (Å²) in [7, 11) is 1.64. The van der Waals surface area contributed by atoms with Crippen LogP contribution in [0.3, 0.4) is 0 Å². The van der Waals surface area contributed by atoms with Crippen molar-refractivity contribution < 1.29 is 14.2 Å². The molecule has 0 spiro atoms. The summed E-state index contributed by atoms with van der Waals surface area (Å²) in [5.41, 5.74) is 9.43. The molecule has 0 saturated carbocycles. The first-order chi connectivity index (χ1) is 16.1. The molecule has 164 valence electrons. The number of methoxy groups -OCH3 is 1. The highest BCUT2D eigenvalue weighted by atomic mass is 32.2. The smallest absolute Gasteiger partial charge is 0.231 e. The Labute approximate surface area is 198 Å². The quantitative estimate of drug-likeness (QED) is 0.311. The van der Waals surface area contributed by atoms with Crippen LogP contribution in [0.4, 0.5) is 5.82 Å². The molecule has 0 aliphatic carbocycles. The van der Waals surface area contributed by atoms with Crippen molar-refractivity contribution in [1.29, 1.82) is 5.26 Å². The molecule has 3 heterocycles. The summed E-state index contributed by atoms with van der Waals surface area (Å²) >= 11 is 2.98. The molecule has 5 rings (SSSR count). The van der Waals surface area contributed by atoms with Gasteiger partial charge in [-0.15, -0.1) is 11.3 Å². The number of nitrogen functional groups attached to an aromatic ring is 1. The largest absolute Gasteiger partial charge is 0.497 e. The molecule has 0 unspecified atom stereocenters.